The summed E-state index contributed by atoms with van der Waals surface area (Å²) in [6.45, 7) is 2.56. The summed E-state index contributed by atoms with van der Waals surface area (Å²) < 4.78 is 41.2. The molecule has 37 heavy (non-hydrogen) atoms. The molecule has 1 N–H and O–H groups in total. The number of aryl methyl sites for hydroxylation is 1. The number of halogens is 1. The molecule has 0 radical (unpaired) electrons. The van der Waals surface area contributed by atoms with E-state index >= 15 is 0 Å². The fourth-order valence-electron chi connectivity index (χ4n) is 6.17. The van der Waals surface area contributed by atoms with Gasteiger partial charge in [0.25, 0.3) is 0 Å². The molecule has 4 aliphatic rings. The van der Waals surface area contributed by atoms with Crippen molar-refractivity contribution in [1.82, 2.24) is 14.5 Å². The second-order valence-electron chi connectivity index (χ2n) is 11.0. The number of aromatic nitrogens is 2. The number of rotatable bonds is 7. The highest BCUT2D eigenvalue weighted by Crippen LogP contribution is 2.69. The minimum atomic E-state index is -3.07. The van der Waals surface area contributed by atoms with Gasteiger partial charge in [0.05, 0.1) is 22.8 Å². The first kappa shape index (κ1) is 24.6. The van der Waals surface area contributed by atoms with E-state index in [4.69, 9.17) is 0 Å². The predicted molar refractivity (Wildman–Crippen MR) is 144 cm³/mol. The zero-order valence-electron chi connectivity index (χ0n) is 21.3. The predicted octanol–water partition coefficient (Wildman–Crippen LogP) is 5.97. The maximum Gasteiger partial charge on any atom is 0.214 e. The van der Waals surface area contributed by atoms with E-state index in [-0.39, 0.29) is 11.1 Å². The molecule has 0 aliphatic heterocycles. The smallest absolute Gasteiger partial charge is 0.214 e. The van der Waals surface area contributed by atoms with Gasteiger partial charge in [-0.2, -0.15) is 5.10 Å². The van der Waals surface area contributed by atoms with E-state index in [2.05, 4.69) is 28.9 Å². The summed E-state index contributed by atoms with van der Waals surface area (Å²) in [6, 6.07) is 14.6. The molecule has 3 fully saturated rings. The second-order valence-corrected chi connectivity index (χ2v) is 13.0. The van der Waals surface area contributed by atoms with Gasteiger partial charge in [0.1, 0.15) is 5.82 Å². The summed E-state index contributed by atoms with van der Waals surface area (Å²) in [7, 11) is -3.07. The average molecular weight is 520 g/mol. The van der Waals surface area contributed by atoms with Crippen molar-refractivity contribution in [3.63, 3.8) is 0 Å². The zero-order chi connectivity index (χ0) is 25.6. The molecular weight excluding hydrogens is 485 g/mol. The van der Waals surface area contributed by atoms with Crippen LogP contribution in [0.25, 0.3) is 11.8 Å². The fourth-order valence-corrected chi connectivity index (χ4v) is 7.52. The highest BCUT2D eigenvalue weighted by molar-refractivity contribution is 7.90. The van der Waals surface area contributed by atoms with Crippen LogP contribution in [0, 0.1) is 17.2 Å². The number of benzene rings is 2. The molecule has 0 bridgehead atoms. The third kappa shape index (κ3) is 4.79. The van der Waals surface area contributed by atoms with Crippen LogP contribution in [-0.4, -0.2) is 23.4 Å². The van der Waals surface area contributed by atoms with Crippen LogP contribution in [0.5, 0.6) is 0 Å². The summed E-state index contributed by atoms with van der Waals surface area (Å²) >= 11 is 0. The lowest BCUT2D eigenvalue weighted by Gasteiger charge is -2.21. The minimum absolute atomic E-state index is 0.138. The number of fused-ring (bicyclic) bond motifs is 1. The molecule has 3 aromatic rings. The van der Waals surface area contributed by atoms with Crippen molar-refractivity contribution in [2.45, 2.75) is 70.1 Å². The number of nitrogens with zero attached hydrogens (tertiary/aromatic N) is 2. The number of hydrogen-bond donors (Lipinski definition) is 1. The molecule has 5 nitrogen and oxygen atoms in total. The molecule has 194 valence electrons. The Labute approximate surface area is 218 Å². The van der Waals surface area contributed by atoms with E-state index in [1.165, 1.54) is 48.2 Å². The van der Waals surface area contributed by atoms with Gasteiger partial charge in [-0.1, -0.05) is 43.2 Å². The standard InChI is InChI=1S/C17H15FN2.C13H19NO2S/c18-14-3-5-15(6-4-14)20-16-7-12-1-2-13-9-17(12,13)8-11(16)10-19-20;1-2-5-11-6-3-4-7-12(11)10-14-17(15,16)13-8-9-13/h3-7,10,13H,1-2,8-9H2;3-4,6-7,13-14H,2,5,8-10H2,1H3. The molecule has 7 rings (SSSR count). The zero-order valence-corrected chi connectivity index (χ0v) is 22.1. The molecule has 0 saturated heterocycles. The lowest BCUT2D eigenvalue weighted by Crippen LogP contribution is -2.27. The van der Waals surface area contributed by atoms with Gasteiger partial charge in [-0.3, -0.25) is 0 Å². The van der Waals surface area contributed by atoms with Gasteiger partial charge in [0.2, 0.25) is 10.0 Å². The largest absolute Gasteiger partial charge is 0.233 e. The molecule has 1 heterocycles. The fraction of sp³-hybridized carbons (Fsp3) is 0.433. The van der Waals surface area contributed by atoms with Gasteiger partial charge in [-0.05, 0) is 103 Å². The number of sulfonamides is 1. The number of nitrogens with one attached hydrogen (secondary N) is 1. The van der Waals surface area contributed by atoms with Gasteiger partial charge in [0, 0.05) is 6.54 Å². The molecule has 7 heteroatoms. The monoisotopic (exact) mass is 519 g/mol. The maximum absolute atomic E-state index is 13.1. The molecule has 4 aliphatic carbocycles. The molecule has 3 saturated carbocycles. The van der Waals surface area contributed by atoms with Crippen LogP contribution in [-0.2, 0) is 29.4 Å². The molecule has 2 atom stereocenters. The summed E-state index contributed by atoms with van der Waals surface area (Å²) in [4.78, 5) is 0. The summed E-state index contributed by atoms with van der Waals surface area (Å²) in [6.07, 6.45) is 13.2. The van der Waals surface area contributed by atoms with Crippen molar-refractivity contribution in [3.8, 4) is 5.69 Å². The SMILES string of the molecule is CCCc1ccccc1CNS(=O)(=O)C1CC1.Fc1ccc(-n2ncc3c2C=C2CCC4CC24C3)cc1. The Morgan fingerprint density at radius 2 is 1.84 bits per heavy atom. The topological polar surface area (TPSA) is 64.0 Å². The molecular formula is C30H34FN3O2S. The van der Waals surface area contributed by atoms with Crippen LogP contribution >= 0.6 is 0 Å². The van der Waals surface area contributed by atoms with Crippen molar-refractivity contribution >= 4 is 16.1 Å². The quantitative estimate of drug-likeness (QED) is 0.418. The van der Waals surface area contributed by atoms with Gasteiger partial charge in [-0.15, -0.1) is 0 Å². The van der Waals surface area contributed by atoms with E-state index < -0.39 is 10.0 Å². The van der Waals surface area contributed by atoms with Crippen LogP contribution in [0.15, 0.2) is 60.3 Å². The van der Waals surface area contributed by atoms with Crippen LogP contribution in [0.3, 0.4) is 0 Å². The third-order valence-corrected chi connectivity index (χ3v) is 10.4. The molecule has 1 aromatic heterocycles. The lowest BCUT2D eigenvalue weighted by atomic mass is 9.84. The molecule has 0 amide bonds. The summed E-state index contributed by atoms with van der Waals surface area (Å²) in [5, 5.41) is 4.39. The molecule has 2 aromatic carbocycles. The minimum Gasteiger partial charge on any atom is -0.233 e. The van der Waals surface area contributed by atoms with E-state index in [0.717, 1.165) is 49.3 Å². The molecule has 1 spiro atoms. The first-order valence-electron chi connectivity index (χ1n) is 13.5. The van der Waals surface area contributed by atoms with Crippen molar-refractivity contribution in [2.24, 2.45) is 11.3 Å². The average Bonchev–Trinajstić information content (AvgIpc) is 3.80. The lowest BCUT2D eigenvalue weighted by molar-refractivity contribution is 0.579. The summed E-state index contributed by atoms with van der Waals surface area (Å²) in [5.41, 5.74) is 7.95. The Morgan fingerprint density at radius 1 is 1.08 bits per heavy atom. The Morgan fingerprint density at radius 3 is 2.54 bits per heavy atom. The highest BCUT2D eigenvalue weighted by atomic mass is 32.2. The van der Waals surface area contributed by atoms with E-state index in [1.807, 2.05) is 29.1 Å². The van der Waals surface area contributed by atoms with Crippen LogP contribution in [0.4, 0.5) is 4.39 Å². The van der Waals surface area contributed by atoms with Crippen LogP contribution < -0.4 is 4.72 Å². The Bertz CT molecular complexity index is 1440. The Kier molecular flexibility index (Phi) is 6.32. The van der Waals surface area contributed by atoms with Gasteiger partial charge < -0.3 is 0 Å². The van der Waals surface area contributed by atoms with Gasteiger partial charge >= 0.3 is 0 Å². The van der Waals surface area contributed by atoms with Gasteiger partial charge in [0.15, 0.2) is 0 Å². The first-order valence-corrected chi connectivity index (χ1v) is 15.0. The van der Waals surface area contributed by atoms with E-state index in [0.29, 0.717) is 12.0 Å². The third-order valence-electron chi connectivity index (χ3n) is 8.47. The normalized spacial score (nSPS) is 23.3. The second kappa shape index (κ2) is 9.52. The number of hydrogen-bond acceptors (Lipinski definition) is 3. The van der Waals surface area contributed by atoms with E-state index in [1.54, 1.807) is 17.7 Å². The van der Waals surface area contributed by atoms with Crippen molar-refractivity contribution in [1.29, 1.82) is 0 Å². The van der Waals surface area contributed by atoms with Crippen LogP contribution in [0.1, 0.15) is 67.8 Å². The van der Waals surface area contributed by atoms with Crippen molar-refractivity contribution in [2.75, 3.05) is 0 Å². The summed E-state index contributed by atoms with van der Waals surface area (Å²) in [5.74, 6) is 0.722. The Hall–Kier alpha value is -2.77. The van der Waals surface area contributed by atoms with Crippen LogP contribution in [0.2, 0.25) is 0 Å². The van der Waals surface area contributed by atoms with E-state index in [9.17, 15) is 12.8 Å². The first-order chi connectivity index (χ1) is 17.9. The Balaban J connectivity index is 0.000000139. The maximum atomic E-state index is 13.1. The van der Waals surface area contributed by atoms with Gasteiger partial charge in [-0.25, -0.2) is 22.2 Å². The number of allylic oxidation sites excluding steroid dienone is 1. The molecule has 2 unspecified atom stereocenters. The highest BCUT2D eigenvalue weighted by Gasteiger charge is 2.60. The van der Waals surface area contributed by atoms with Crippen molar-refractivity contribution in [3.05, 3.63) is 88.5 Å². The van der Waals surface area contributed by atoms with Crippen molar-refractivity contribution < 1.29 is 12.8 Å².